The molecule has 2 amide bonds. The summed E-state index contributed by atoms with van der Waals surface area (Å²) in [7, 11) is 0. The molecule has 166 valence electrons. The summed E-state index contributed by atoms with van der Waals surface area (Å²) in [5, 5.41) is 4.85. The molecule has 3 aromatic rings. The summed E-state index contributed by atoms with van der Waals surface area (Å²) >= 11 is 1.42. The first-order chi connectivity index (χ1) is 15.5. The number of carbonyl (C=O) groups is 2. The van der Waals surface area contributed by atoms with E-state index in [0.29, 0.717) is 0 Å². The molecule has 32 heavy (non-hydrogen) atoms. The minimum Gasteiger partial charge on any atom is -0.351 e. The Morgan fingerprint density at radius 2 is 1.81 bits per heavy atom. The molecule has 0 radical (unpaired) electrons. The van der Waals surface area contributed by atoms with Gasteiger partial charge in [-0.05, 0) is 48.6 Å². The Hall–Kier alpha value is -3.06. The summed E-state index contributed by atoms with van der Waals surface area (Å²) in [4.78, 5) is 29.0. The minimum atomic E-state index is -1.26. The largest absolute Gasteiger partial charge is 0.351 e. The maximum Gasteiger partial charge on any atom is 0.248 e. The highest BCUT2D eigenvalue weighted by Crippen LogP contribution is 2.32. The molecule has 1 aromatic heterocycles. The van der Waals surface area contributed by atoms with Crippen molar-refractivity contribution in [1.29, 1.82) is 0 Å². The van der Waals surface area contributed by atoms with Crippen molar-refractivity contribution in [3.8, 4) is 0 Å². The van der Waals surface area contributed by atoms with Crippen LogP contribution in [0.3, 0.4) is 0 Å². The molecular weight excluding hydrogens is 430 g/mol. The summed E-state index contributed by atoms with van der Waals surface area (Å²) < 4.78 is 29.1. The number of halogens is 2. The number of anilines is 1. The highest BCUT2D eigenvalue weighted by molar-refractivity contribution is 7.10. The molecule has 1 aliphatic rings. The number of nitrogens with zero attached hydrogens (tertiary/aromatic N) is 1. The zero-order valence-corrected chi connectivity index (χ0v) is 18.3. The fraction of sp³-hybridized carbons (Fsp3) is 0.280. The van der Waals surface area contributed by atoms with E-state index in [1.807, 2.05) is 17.5 Å². The fourth-order valence-corrected chi connectivity index (χ4v) is 4.85. The van der Waals surface area contributed by atoms with Crippen LogP contribution in [0.2, 0.25) is 0 Å². The predicted octanol–water partition coefficient (Wildman–Crippen LogP) is 5.40. The van der Waals surface area contributed by atoms with Crippen LogP contribution >= 0.6 is 11.3 Å². The van der Waals surface area contributed by atoms with Crippen LogP contribution in [0.1, 0.15) is 42.2 Å². The zero-order valence-electron chi connectivity index (χ0n) is 17.5. The SMILES string of the molecule is O=C(NC1CCCC1)[C@@H](c1ccccc1F)N(C(=O)Cc1cccs1)c1cccc(F)c1. The zero-order chi connectivity index (χ0) is 22.5. The topological polar surface area (TPSA) is 49.4 Å². The Labute approximate surface area is 189 Å². The van der Waals surface area contributed by atoms with Crippen molar-refractivity contribution in [3.05, 3.63) is 88.1 Å². The van der Waals surface area contributed by atoms with Gasteiger partial charge in [0.2, 0.25) is 11.8 Å². The minimum absolute atomic E-state index is 0.0152. The Morgan fingerprint density at radius 1 is 1.03 bits per heavy atom. The first-order valence-electron chi connectivity index (χ1n) is 10.7. The first-order valence-corrected chi connectivity index (χ1v) is 11.6. The molecule has 4 rings (SSSR count). The van der Waals surface area contributed by atoms with Crippen molar-refractivity contribution < 1.29 is 18.4 Å². The second kappa shape index (κ2) is 10.0. The molecule has 0 saturated heterocycles. The third-order valence-corrected chi connectivity index (χ3v) is 6.54. The monoisotopic (exact) mass is 454 g/mol. The van der Waals surface area contributed by atoms with Gasteiger partial charge in [0.1, 0.15) is 17.7 Å². The Morgan fingerprint density at radius 3 is 2.50 bits per heavy atom. The number of hydrogen-bond acceptors (Lipinski definition) is 3. The lowest BCUT2D eigenvalue weighted by Gasteiger charge is -2.32. The second-order valence-electron chi connectivity index (χ2n) is 7.91. The van der Waals surface area contributed by atoms with Gasteiger partial charge >= 0.3 is 0 Å². The summed E-state index contributed by atoms with van der Waals surface area (Å²) in [6, 6.07) is 13.8. The quantitative estimate of drug-likeness (QED) is 0.520. The molecule has 1 saturated carbocycles. The van der Waals surface area contributed by atoms with Crippen LogP contribution in [0.4, 0.5) is 14.5 Å². The maximum absolute atomic E-state index is 14.9. The van der Waals surface area contributed by atoms with E-state index in [2.05, 4.69) is 5.32 Å². The Bertz CT molecular complexity index is 1080. The lowest BCUT2D eigenvalue weighted by molar-refractivity contribution is -0.127. The van der Waals surface area contributed by atoms with Gasteiger partial charge in [-0.25, -0.2) is 8.78 Å². The molecule has 0 spiro atoms. The summed E-state index contributed by atoms with van der Waals surface area (Å²) in [6.45, 7) is 0. The summed E-state index contributed by atoms with van der Waals surface area (Å²) in [5.74, 6) is -2.01. The van der Waals surface area contributed by atoms with Gasteiger partial charge in [-0.1, -0.05) is 43.2 Å². The van der Waals surface area contributed by atoms with E-state index in [-0.39, 0.29) is 23.7 Å². The van der Waals surface area contributed by atoms with Gasteiger partial charge in [0.05, 0.1) is 6.42 Å². The standard InChI is InChI=1S/C25H24F2N2O2S/c26-17-7-5-10-19(15-17)29(23(30)16-20-11-6-14-32-20)24(21-12-3-4-13-22(21)27)25(31)28-18-8-1-2-9-18/h3-7,10-15,18,24H,1-2,8-9,16H2,(H,28,31)/t24-/m1/s1. The van der Waals surface area contributed by atoms with E-state index in [9.17, 15) is 18.4 Å². The van der Waals surface area contributed by atoms with Crippen LogP contribution in [-0.4, -0.2) is 17.9 Å². The van der Waals surface area contributed by atoms with Crippen LogP contribution < -0.4 is 10.2 Å². The van der Waals surface area contributed by atoms with Crippen LogP contribution in [0.15, 0.2) is 66.0 Å². The molecule has 2 aromatic carbocycles. The van der Waals surface area contributed by atoms with Crippen LogP contribution in [0.5, 0.6) is 0 Å². The van der Waals surface area contributed by atoms with Crippen molar-refractivity contribution in [1.82, 2.24) is 5.32 Å². The van der Waals surface area contributed by atoms with Gasteiger partial charge in [0, 0.05) is 22.2 Å². The normalized spacial score (nSPS) is 14.8. The Balaban J connectivity index is 1.78. The third-order valence-electron chi connectivity index (χ3n) is 5.67. The summed E-state index contributed by atoms with van der Waals surface area (Å²) in [5.41, 5.74) is 0.285. The van der Waals surface area contributed by atoms with Crippen molar-refractivity contribution in [2.75, 3.05) is 4.90 Å². The van der Waals surface area contributed by atoms with Crippen molar-refractivity contribution in [2.24, 2.45) is 0 Å². The van der Waals surface area contributed by atoms with Crippen molar-refractivity contribution in [3.63, 3.8) is 0 Å². The number of amides is 2. The molecule has 1 N–H and O–H groups in total. The van der Waals surface area contributed by atoms with E-state index in [0.717, 1.165) is 30.6 Å². The molecule has 1 fully saturated rings. The van der Waals surface area contributed by atoms with Gasteiger partial charge in [0.15, 0.2) is 0 Å². The number of rotatable bonds is 7. The number of thiophene rings is 1. The fourth-order valence-electron chi connectivity index (χ4n) is 4.16. The number of hydrogen-bond donors (Lipinski definition) is 1. The smallest absolute Gasteiger partial charge is 0.248 e. The van der Waals surface area contributed by atoms with Gasteiger partial charge in [-0.15, -0.1) is 11.3 Å². The van der Waals surface area contributed by atoms with Crippen molar-refractivity contribution >= 4 is 28.8 Å². The van der Waals surface area contributed by atoms with Crippen LogP contribution in [-0.2, 0) is 16.0 Å². The highest BCUT2D eigenvalue weighted by Gasteiger charge is 2.36. The highest BCUT2D eigenvalue weighted by atomic mass is 32.1. The van der Waals surface area contributed by atoms with Gasteiger partial charge in [-0.2, -0.15) is 0 Å². The molecule has 1 heterocycles. The molecule has 0 aliphatic heterocycles. The predicted molar refractivity (Wildman–Crippen MR) is 121 cm³/mol. The lowest BCUT2D eigenvalue weighted by Crippen LogP contribution is -2.47. The number of benzene rings is 2. The lowest BCUT2D eigenvalue weighted by atomic mass is 10.0. The first kappa shape index (κ1) is 22.1. The van der Waals surface area contributed by atoms with Gasteiger partial charge in [-0.3, -0.25) is 14.5 Å². The van der Waals surface area contributed by atoms with Crippen molar-refractivity contribution in [2.45, 2.75) is 44.2 Å². The molecule has 1 atom stereocenters. The van der Waals surface area contributed by atoms with Crippen LogP contribution in [0, 0.1) is 11.6 Å². The number of carbonyl (C=O) groups excluding carboxylic acids is 2. The molecule has 7 heteroatoms. The van der Waals surface area contributed by atoms with Gasteiger partial charge < -0.3 is 5.32 Å². The Kier molecular flexibility index (Phi) is 6.95. The molecular formula is C25H24F2N2O2S. The van der Waals surface area contributed by atoms with Gasteiger partial charge in [0.25, 0.3) is 0 Å². The number of nitrogens with one attached hydrogen (secondary N) is 1. The van der Waals surface area contributed by atoms with E-state index in [1.54, 1.807) is 12.1 Å². The molecule has 4 nitrogen and oxygen atoms in total. The van der Waals surface area contributed by atoms with E-state index >= 15 is 0 Å². The van der Waals surface area contributed by atoms with E-state index in [4.69, 9.17) is 0 Å². The molecule has 1 aliphatic carbocycles. The van der Waals surface area contributed by atoms with Crippen LogP contribution in [0.25, 0.3) is 0 Å². The third kappa shape index (κ3) is 5.05. The summed E-state index contributed by atoms with van der Waals surface area (Å²) in [6.07, 6.45) is 3.74. The molecule has 0 bridgehead atoms. The average Bonchev–Trinajstić information content (AvgIpc) is 3.47. The van der Waals surface area contributed by atoms with E-state index < -0.39 is 29.5 Å². The van der Waals surface area contributed by atoms with E-state index in [1.165, 1.54) is 52.6 Å². The second-order valence-corrected chi connectivity index (χ2v) is 8.95. The molecule has 0 unspecified atom stereocenters. The maximum atomic E-state index is 14.9. The average molecular weight is 455 g/mol.